The molecule has 1 aliphatic rings. The summed E-state index contributed by atoms with van der Waals surface area (Å²) in [5.74, 6) is -0.278. The standard InChI is InChI=1S/C33H47NO5.BrH/c1-6-7-8-9-10-11-12-13-14-15-16-17-18-34(2,3)23-24-19-26-31(29(20-24)39-5)33(37)30-27(32(26)36)21-25(38-4)22-28(30)35;/h19-22H,6-18,23H2,1-5H3;1H. The Morgan fingerprint density at radius 1 is 0.700 bits per heavy atom. The summed E-state index contributed by atoms with van der Waals surface area (Å²) in [7, 11) is 7.38. The number of halogens is 1. The number of fused-ring (bicyclic) bond motifs is 2. The number of methoxy groups -OCH3 is 2. The Labute approximate surface area is 251 Å². The average molecular weight is 619 g/mol. The zero-order valence-electron chi connectivity index (χ0n) is 25.1. The number of hydrogen-bond acceptors (Lipinski definition) is 5. The monoisotopic (exact) mass is 617 g/mol. The number of ether oxygens (including phenoxy) is 2. The van der Waals surface area contributed by atoms with Crippen LogP contribution in [-0.2, 0) is 6.54 Å². The van der Waals surface area contributed by atoms with Crippen molar-refractivity contribution in [3.63, 3.8) is 0 Å². The molecule has 1 aliphatic carbocycles. The van der Waals surface area contributed by atoms with Gasteiger partial charge in [0.15, 0.2) is 5.78 Å². The smallest absolute Gasteiger partial charge is 0.201 e. The van der Waals surface area contributed by atoms with Crippen molar-refractivity contribution < 1.29 is 45.6 Å². The fourth-order valence-corrected chi connectivity index (χ4v) is 5.70. The van der Waals surface area contributed by atoms with Crippen LogP contribution in [-0.4, -0.2) is 56.0 Å². The number of aromatic hydroxyl groups is 1. The van der Waals surface area contributed by atoms with Crippen LogP contribution in [0.25, 0.3) is 0 Å². The number of carbonyl (C=O) groups excluding carboxylic acids is 2. The molecule has 0 unspecified atom stereocenters. The van der Waals surface area contributed by atoms with E-state index in [0.29, 0.717) is 17.1 Å². The van der Waals surface area contributed by atoms with Crippen molar-refractivity contribution in [3.8, 4) is 17.2 Å². The van der Waals surface area contributed by atoms with Gasteiger partial charge < -0.3 is 36.0 Å². The molecule has 0 fully saturated rings. The first-order valence-electron chi connectivity index (χ1n) is 14.8. The van der Waals surface area contributed by atoms with Gasteiger partial charge in [0.2, 0.25) is 5.78 Å². The molecule has 7 heteroatoms. The SMILES string of the molecule is CCCCCCCCCCCCCC[N+](C)(C)Cc1cc(OC)c2c(c1)C(=O)c1cc(OC)cc(O)c1C2=O.[Br-]. The molecule has 40 heavy (non-hydrogen) atoms. The van der Waals surface area contributed by atoms with Crippen molar-refractivity contribution in [1.82, 2.24) is 0 Å². The molecule has 3 rings (SSSR count). The molecule has 0 atom stereocenters. The molecule has 1 N–H and O–H groups in total. The van der Waals surface area contributed by atoms with Crippen LogP contribution in [0.4, 0.5) is 0 Å². The minimum absolute atomic E-state index is 0. The van der Waals surface area contributed by atoms with E-state index in [0.717, 1.165) is 29.6 Å². The molecule has 222 valence electrons. The second-order valence-corrected chi connectivity index (χ2v) is 11.7. The van der Waals surface area contributed by atoms with Crippen LogP contribution in [0.1, 0.15) is 121 Å². The number of carbonyl (C=O) groups is 2. The van der Waals surface area contributed by atoms with Gasteiger partial charge in [-0.3, -0.25) is 9.59 Å². The molecule has 6 nitrogen and oxygen atoms in total. The Morgan fingerprint density at radius 2 is 1.25 bits per heavy atom. The number of phenolic OH excluding ortho intramolecular Hbond substituents is 1. The van der Waals surface area contributed by atoms with Crippen LogP contribution in [0.15, 0.2) is 24.3 Å². The summed E-state index contributed by atoms with van der Waals surface area (Å²) in [6.45, 7) is 4.03. The highest BCUT2D eigenvalue weighted by Gasteiger charge is 2.36. The average Bonchev–Trinajstić information content (AvgIpc) is 2.91. The summed E-state index contributed by atoms with van der Waals surface area (Å²) in [5.41, 5.74) is 1.65. The fourth-order valence-electron chi connectivity index (χ4n) is 5.70. The van der Waals surface area contributed by atoms with Crippen LogP contribution in [0.2, 0.25) is 0 Å². The lowest BCUT2D eigenvalue weighted by atomic mass is 9.82. The summed E-state index contributed by atoms with van der Waals surface area (Å²) in [6, 6.07) is 6.55. The maximum absolute atomic E-state index is 13.5. The molecule has 0 bridgehead atoms. The molecule has 0 aromatic heterocycles. The van der Waals surface area contributed by atoms with Gasteiger partial charge in [-0.05, 0) is 31.0 Å². The highest BCUT2D eigenvalue weighted by atomic mass is 79.9. The molecular formula is C33H48BrNO5. The number of hydrogen-bond donors (Lipinski definition) is 1. The first-order chi connectivity index (χ1) is 18.7. The summed E-state index contributed by atoms with van der Waals surface area (Å²) < 4.78 is 11.6. The Hall–Kier alpha value is -2.38. The van der Waals surface area contributed by atoms with Crippen LogP contribution in [0.3, 0.4) is 0 Å². The highest BCUT2D eigenvalue weighted by Crippen LogP contribution is 2.40. The minimum Gasteiger partial charge on any atom is -1.00 e. The van der Waals surface area contributed by atoms with Gasteiger partial charge in [0.25, 0.3) is 0 Å². The van der Waals surface area contributed by atoms with Crippen molar-refractivity contribution in [3.05, 3.63) is 52.1 Å². The van der Waals surface area contributed by atoms with Gasteiger partial charge in [0.1, 0.15) is 23.8 Å². The third-order valence-electron chi connectivity index (χ3n) is 7.88. The van der Waals surface area contributed by atoms with E-state index in [-0.39, 0.29) is 45.2 Å². The van der Waals surface area contributed by atoms with Crippen molar-refractivity contribution in [2.75, 3.05) is 34.9 Å². The van der Waals surface area contributed by atoms with Gasteiger partial charge in [-0.15, -0.1) is 0 Å². The van der Waals surface area contributed by atoms with E-state index in [1.54, 1.807) is 0 Å². The number of ketones is 2. The van der Waals surface area contributed by atoms with Gasteiger partial charge in [0, 0.05) is 22.8 Å². The van der Waals surface area contributed by atoms with Gasteiger partial charge >= 0.3 is 0 Å². The molecule has 0 heterocycles. The lowest BCUT2D eigenvalue weighted by molar-refractivity contribution is -0.903. The second-order valence-electron chi connectivity index (χ2n) is 11.7. The Balaban J connectivity index is 0.00000560. The van der Waals surface area contributed by atoms with E-state index >= 15 is 0 Å². The predicted octanol–water partition coefficient (Wildman–Crippen LogP) is 4.47. The number of unbranched alkanes of at least 4 members (excludes halogenated alkanes) is 11. The Morgan fingerprint density at radius 3 is 1.80 bits per heavy atom. The van der Waals surface area contributed by atoms with Crippen molar-refractivity contribution in [2.45, 2.75) is 90.5 Å². The summed E-state index contributed by atoms with van der Waals surface area (Å²) in [4.78, 5) is 26.8. The highest BCUT2D eigenvalue weighted by molar-refractivity contribution is 6.30. The second kappa shape index (κ2) is 16.2. The number of nitrogens with zero attached hydrogens (tertiary/aromatic N) is 1. The van der Waals surface area contributed by atoms with Crippen LogP contribution in [0, 0.1) is 0 Å². The van der Waals surface area contributed by atoms with E-state index in [4.69, 9.17) is 9.47 Å². The Kier molecular flexibility index (Phi) is 13.7. The van der Waals surface area contributed by atoms with E-state index < -0.39 is 5.78 Å². The van der Waals surface area contributed by atoms with E-state index in [1.165, 1.54) is 97.0 Å². The third kappa shape index (κ3) is 8.81. The lowest BCUT2D eigenvalue weighted by Gasteiger charge is -2.31. The van der Waals surface area contributed by atoms with E-state index in [2.05, 4.69) is 21.0 Å². The molecular weight excluding hydrogens is 570 g/mol. The van der Waals surface area contributed by atoms with Gasteiger partial charge in [-0.1, -0.05) is 71.1 Å². The normalized spacial score (nSPS) is 12.5. The zero-order chi connectivity index (χ0) is 28.4. The Bertz CT molecular complexity index is 1140. The topological polar surface area (TPSA) is 72.8 Å². The molecule has 2 aromatic rings. The maximum atomic E-state index is 13.5. The molecule has 2 aromatic carbocycles. The number of phenols is 1. The van der Waals surface area contributed by atoms with Gasteiger partial charge in [0.05, 0.1) is 46.0 Å². The van der Waals surface area contributed by atoms with Crippen molar-refractivity contribution in [1.29, 1.82) is 0 Å². The fraction of sp³-hybridized carbons (Fsp3) is 0.576. The number of benzene rings is 2. The van der Waals surface area contributed by atoms with Gasteiger partial charge in [-0.25, -0.2) is 0 Å². The minimum atomic E-state index is -0.409. The third-order valence-corrected chi connectivity index (χ3v) is 7.88. The van der Waals surface area contributed by atoms with Crippen molar-refractivity contribution in [2.24, 2.45) is 0 Å². The van der Waals surface area contributed by atoms with Gasteiger partial charge in [-0.2, -0.15) is 0 Å². The molecule has 0 saturated heterocycles. The van der Waals surface area contributed by atoms with E-state index in [9.17, 15) is 14.7 Å². The summed E-state index contributed by atoms with van der Waals surface area (Å²) >= 11 is 0. The maximum Gasteiger partial charge on any atom is 0.201 e. The van der Waals surface area contributed by atoms with E-state index in [1.807, 2.05) is 12.1 Å². The number of rotatable bonds is 17. The molecule has 0 saturated carbocycles. The van der Waals surface area contributed by atoms with Crippen molar-refractivity contribution >= 4 is 11.6 Å². The van der Waals surface area contributed by atoms with Crippen LogP contribution in [0.5, 0.6) is 17.2 Å². The quantitative estimate of drug-likeness (QED) is 0.179. The first-order valence-corrected chi connectivity index (χ1v) is 14.8. The summed E-state index contributed by atoms with van der Waals surface area (Å²) in [5, 5.41) is 10.5. The zero-order valence-corrected chi connectivity index (χ0v) is 26.7. The summed E-state index contributed by atoms with van der Waals surface area (Å²) in [6.07, 6.45) is 16.0. The molecule has 0 spiro atoms. The predicted molar refractivity (Wildman–Crippen MR) is 156 cm³/mol. The molecule has 0 radical (unpaired) electrons. The number of quaternary nitrogens is 1. The first kappa shape index (κ1) is 33.8. The van der Waals surface area contributed by atoms with Crippen LogP contribution >= 0.6 is 0 Å². The molecule has 0 amide bonds. The largest absolute Gasteiger partial charge is 1.00 e. The lowest BCUT2D eigenvalue weighted by Crippen LogP contribution is -3.00. The van der Waals surface area contributed by atoms with Crippen LogP contribution < -0.4 is 26.5 Å². The molecule has 0 aliphatic heterocycles.